The summed E-state index contributed by atoms with van der Waals surface area (Å²) >= 11 is 0. The fraction of sp³-hybridized carbons (Fsp3) is 0.241. The molecule has 0 saturated carbocycles. The third-order valence-electron chi connectivity index (χ3n) is 6.19. The first-order valence-electron chi connectivity index (χ1n) is 11.3. The zero-order chi connectivity index (χ0) is 24.3. The van der Waals surface area contributed by atoms with Crippen LogP contribution in [0.4, 0.5) is 13.2 Å². The number of ketones is 2. The minimum atomic E-state index is -4.53. The Morgan fingerprint density at radius 1 is 0.912 bits per heavy atom. The summed E-state index contributed by atoms with van der Waals surface area (Å²) in [6.45, 7) is 1.42. The minimum absolute atomic E-state index is 0.0576. The Morgan fingerprint density at radius 2 is 1.59 bits per heavy atom. The van der Waals surface area contributed by atoms with Crippen LogP contribution in [0.1, 0.15) is 36.5 Å². The molecule has 1 unspecified atom stereocenters. The second kappa shape index (κ2) is 9.80. The van der Waals surface area contributed by atoms with Crippen molar-refractivity contribution in [2.24, 2.45) is 5.92 Å². The first-order chi connectivity index (χ1) is 16.2. The van der Waals surface area contributed by atoms with Crippen molar-refractivity contribution in [3.05, 3.63) is 107 Å². The molecular formula is C29H25F3O2. The molecule has 0 N–H and O–H groups in total. The number of rotatable bonds is 7. The Hall–Kier alpha value is -3.47. The Morgan fingerprint density at radius 3 is 2.32 bits per heavy atom. The number of aryl methyl sites for hydroxylation is 1. The van der Waals surface area contributed by atoms with Crippen LogP contribution in [-0.2, 0) is 22.4 Å². The predicted octanol–water partition coefficient (Wildman–Crippen LogP) is 6.96. The first-order valence-corrected chi connectivity index (χ1v) is 11.3. The molecule has 2 nitrogen and oxygen atoms in total. The maximum atomic E-state index is 13.1. The monoisotopic (exact) mass is 462 g/mol. The Balaban J connectivity index is 1.36. The van der Waals surface area contributed by atoms with Gasteiger partial charge in [0.2, 0.25) is 0 Å². The molecule has 0 spiro atoms. The van der Waals surface area contributed by atoms with Crippen LogP contribution >= 0.6 is 0 Å². The number of carbonyl (C=O) groups is 2. The molecule has 3 aromatic rings. The topological polar surface area (TPSA) is 34.1 Å². The lowest BCUT2D eigenvalue weighted by Crippen LogP contribution is -2.23. The summed E-state index contributed by atoms with van der Waals surface area (Å²) in [6.07, 6.45) is -1.62. The molecule has 1 atom stereocenters. The number of hydrogen-bond donors (Lipinski definition) is 0. The summed E-state index contributed by atoms with van der Waals surface area (Å²) in [5.41, 5.74) is 2.46. The summed E-state index contributed by atoms with van der Waals surface area (Å²) in [5.74, 6) is -1.53. The van der Waals surface area contributed by atoms with Gasteiger partial charge >= 0.3 is 6.18 Å². The first kappa shape index (κ1) is 23.7. The smallest absolute Gasteiger partial charge is 0.299 e. The van der Waals surface area contributed by atoms with Crippen molar-refractivity contribution >= 4 is 22.3 Å². The molecular weight excluding hydrogens is 437 g/mol. The molecule has 5 heteroatoms. The highest BCUT2D eigenvalue weighted by atomic mass is 19.4. The molecule has 174 valence electrons. The van der Waals surface area contributed by atoms with Gasteiger partial charge in [0.25, 0.3) is 0 Å². The number of Topliss-reactive ketones (excluding diaryl/α,β-unsaturated/α-hetero) is 2. The number of fused-ring (bicyclic) bond motifs is 1. The SMILES string of the molecule is CC1C=C(C(F)(F)F)C=C(CC(=O)CCc2ccc(Cc3cccc4ccccc34)cc2)C1=O. The summed E-state index contributed by atoms with van der Waals surface area (Å²) in [4.78, 5) is 24.7. The Kier molecular flexibility index (Phi) is 6.82. The molecule has 0 amide bonds. The molecule has 1 aliphatic rings. The molecule has 0 heterocycles. The zero-order valence-electron chi connectivity index (χ0n) is 18.9. The Labute approximate surface area is 196 Å². The van der Waals surface area contributed by atoms with Crippen LogP contribution in [0.2, 0.25) is 0 Å². The highest BCUT2D eigenvalue weighted by Crippen LogP contribution is 2.33. The van der Waals surface area contributed by atoms with Crippen LogP contribution in [0.5, 0.6) is 0 Å². The van der Waals surface area contributed by atoms with Crippen LogP contribution in [0, 0.1) is 5.92 Å². The number of alkyl halides is 3. The highest BCUT2D eigenvalue weighted by molar-refractivity contribution is 6.04. The molecule has 0 radical (unpaired) electrons. The van der Waals surface area contributed by atoms with E-state index in [0.29, 0.717) is 6.42 Å². The maximum Gasteiger partial charge on any atom is 0.416 e. The molecule has 3 aromatic carbocycles. The van der Waals surface area contributed by atoms with Crippen LogP contribution in [-0.4, -0.2) is 17.7 Å². The fourth-order valence-electron chi connectivity index (χ4n) is 4.33. The van der Waals surface area contributed by atoms with E-state index >= 15 is 0 Å². The van der Waals surface area contributed by atoms with Gasteiger partial charge in [-0.3, -0.25) is 9.59 Å². The lowest BCUT2D eigenvalue weighted by Gasteiger charge is -2.19. The standard InChI is InChI=1S/C29H25F3O2/c1-19-15-25(29(30,31)32)17-24(28(19)34)18-26(33)14-13-20-9-11-21(12-10-20)16-23-7-4-6-22-5-2-3-8-27(22)23/h2-12,15,17,19H,13-14,16,18H2,1H3. The largest absolute Gasteiger partial charge is 0.416 e. The highest BCUT2D eigenvalue weighted by Gasteiger charge is 2.36. The molecule has 4 rings (SSSR count). The number of halogens is 3. The molecule has 0 bridgehead atoms. The van der Waals surface area contributed by atoms with Crippen molar-refractivity contribution in [3.63, 3.8) is 0 Å². The zero-order valence-corrected chi connectivity index (χ0v) is 18.9. The normalized spacial score (nSPS) is 16.4. The molecule has 0 aromatic heterocycles. The van der Waals surface area contributed by atoms with E-state index < -0.39 is 23.5 Å². The Bertz CT molecular complexity index is 1280. The molecule has 34 heavy (non-hydrogen) atoms. The van der Waals surface area contributed by atoms with Crippen LogP contribution in [0.3, 0.4) is 0 Å². The van der Waals surface area contributed by atoms with Gasteiger partial charge in [0, 0.05) is 24.3 Å². The number of carbonyl (C=O) groups excluding carboxylic acids is 2. The predicted molar refractivity (Wildman–Crippen MR) is 128 cm³/mol. The van der Waals surface area contributed by atoms with Gasteiger partial charge in [-0.05, 0) is 46.4 Å². The summed E-state index contributed by atoms with van der Waals surface area (Å²) in [5, 5.41) is 2.43. The van der Waals surface area contributed by atoms with Gasteiger partial charge in [-0.15, -0.1) is 0 Å². The molecule has 0 aliphatic heterocycles. The van der Waals surface area contributed by atoms with Crippen LogP contribution < -0.4 is 0 Å². The van der Waals surface area contributed by atoms with Crippen molar-refractivity contribution in [1.29, 1.82) is 0 Å². The van der Waals surface area contributed by atoms with Gasteiger partial charge in [0.05, 0.1) is 5.57 Å². The van der Waals surface area contributed by atoms with Crippen LogP contribution in [0.25, 0.3) is 10.8 Å². The minimum Gasteiger partial charge on any atom is -0.299 e. The molecule has 1 aliphatic carbocycles. The van der Waals surface area contributed by atoms with Crippen molar-refractivity contribution in [3.8, 4) is 0 Å². The van der Waals surface area contributed by atoms with Gasteiger partial charge in [0.15, 0.2) is 5.78 Å². The second-order valence-electron chi connectivity index (χ2n) is 8.79. The number of benzene rings is 3. The van der Waals surface area contributed by atoms with E-state index in [1.807, 2.05) is 36.4 Å². The van der Waals surface area contributed by atoms with Crippen molar-refractivity contribution in [2.45, 2.75) is 38.8 Å². The fourth-order valence-corrected chi connectivity index (χ4v) is 4.33. The lowest BCUT2D eigenvalue weighted by atomic mass is 9.87. The maximum absolute atomic E-state index is 13.1. The second-order valence-corrected chi connectivity index (χ2v) is 8.79. The molecule has 0 saturated heterocycles. The van der Waals surface area contributed by atoms with Gasteiger partial charge in [0.1, 0.15) is 5.78 Å². The third kappa shape index (κ3) is 5.53. The van der Waals surface area contributed by atoms with E-state index in [2.05, 4.69) is 30.3 Å². The van der Waals surface area contributed by atoms with Crippen molar-refractivity contribution in [2.75, 3.05) is 0 Å². The average molecular weight is 463 g/mol. The van der Waals surface area contributed by atoms with E-state index in [1.165, 1.54) is 23.3 Å². The average Bonchev–Trinajstić information content (AvgIpc) is 2.81. The lowest BCUT2D eigenvalue weighted by molar-refractivity contribution is -0.122. The van der Waals surface area contributed by atoms with E-state index in [9.17, 15) is 22.8 Å². The third-order valence-corrected chi connectivity index (χ3v) is 6.19. The van der Waals surface area contributed by atoms with Gasteiger partial charge in [-0.25, -0.2) is 0 Å². The molecule has 0 fully saturated rings. The van der Waals surface area contributed by atoms with E-state index in [0.717, 1.165) is 29.7 Å². The van der Waals surface area contributed by atoms with E-state index in [-0.39, 0.29) is 24.2 Å². The summed E-state index contributed by atoms with van der Waals surface area (Å²) < 4.78 is 39.2. The van der Waals surface area contributed by atoms with E-state index in [1.54, 1.807) is 0 Å². The van der Waals surface area contributed by atoms with Gasteiger partial charge < -0.3 is 0 Å². The quantitative estimate of drug-likeness (QED) is 0.381. The van der Waals surface area contributed by atoms with Gasteiger partial charge in [-0.2, -0.15) is 13.2 Å². The summed E-state index contributed by atoms with van der Waals surface area (Å²) in [6, 6.07) is 22.6. The van der Waals surface area contributed by atoms with Crippen molar-refractivity contribution in [1.82, 2.24) is 0 Å². The van der Waals surface area contributed by atoms with E-state index in [4.69, 9.17) is 0 Å². The number of allylic oxidation sites excluding steroid dienone is 4. The van der Waals surface area contributed by atoms with Gasteiger partial charge in [-0.1, -0.05) is 79.7 Å². The van der Waals surface area contributed by atoms with Crippen LogP contribution in [0.15, 0.2) is 90.0 Å². The van der Waals surface area contributed by atoms with Crippen molar-refractivity contribution < 1.29 is 22.8 Å². The summed E-state index contributed by atoms with van der Waals surface area (Å²) in [7, 11) is 0. The number of hydrogen-bond acceptors (Lipinski definition) is 2.